The zero-order chi connectivity index (χ0) is 15.4. The van der Waals surface area contributed by atoms with E-state index in [-0.39, 0.29) is 0 Å². The number of carboxylic acid groups (broad SMARTS) is 1. The predicted molar refractivity (Wildman–Crippen MR) is 84.8 cm³/mol. The maximum Gasteiger partial charge on any atom is 0.337 e. The van der Waals surface area contributed by atoms with Crippen molar-refractivity contribution in [2.75, 3.05) is 0 Å². The topological polar surface area (TPSA) is 55.1 Å². The van der Waals surface area contributed by atoms with E-state index < -0.39 is 5.97 Å². The van der Waals surface area contributed by atoms with E-state index in [0.29, 0.717) is 11.5 Å². The molecule has 21 heavy (non-hydrogen) atoms. The van der Waals surface area contributed by atoms with Gasteiger partial charge in [-0.15, -0.1) is 0 Å². The third kappa shape index (κ3) is 3.09. The van der Waals surface area contributed by atoms with Crippen LogP contribution >= 0.6 is 0 Å². The third-order valence-electron chi connectivity index (χ3n) is 4.15. The van der Waals surface area contributed by atoms with Crippen molar-refractivity contribution in [1.82, 2.24) is 9.55 Å². The molecule has 0 atom stereocenters. The number of rotatable bonds is 7. The molecule has 0 unspecified atom stereocenters. The standard InChI is InChI=1S/C17H24N2O2/c1-4-8-15-18-14-10-7-9-13(17(20)21)16(14)19(15)11-12(5-2)6-3/h7,9-10,12H,4-6,8,11H2,1-3H3,(H,20,21). The van der Waals surface area contributed by atoms with Gasteiger partial charge in [0.05, 0.1) is 16.6 Å². The maximum atomic E-state index is 11.5. The molecule has 0 amide bonds. The molecule has 0 saturated carbocycles. The highest BCUT2D eigenvalue weighted by atomic mass is 16.4. The summed E-state index contributed by atoms with van der Waals surface area (Å²) in [6.07, 6.45) is 4.08. The zero-order valence-corrected chi connectivity index (χ0v) is 13.1. The quantitative estimate of drug-likeness (QED) is 0.833. The number of para-hydroxylation sites is 1. The summed E-state index contributed by atoms with van der Waals surface area (Å²) in [6.45, 7) is 7.35. The molecule has 1 N–H and O–H groups in total. The molecule has 0 radical (unpaired) electrons. The Morgan fingerprint density at radius 2 is 2.00 bits per heavy atom. The summed E-state index contributed by atoms with van der Waals surface area (Å²) < 4.78 is 2.14. The van der Waals surface area contributed by atoms with Gasteiger partial charge in [0.15, 0.2) is 0 Å². The Labute approximate surface area is 125 Å². The van der Waals surface area contributed by atoms with E-state index >= 15 is 0 Å². The van der Waals surface area contributed by atoms with Crippen LogP contribution in [-0.4, -0.2) is 20.6 Å². The molecule has 4 heteroatoms. The Bertz CT molecular complexity index is 627. The highest BCUT2D eigenvalue weighted by molar-refractivity contribution is 6.01. The SMILES string of the molecule is CCCc1nc2cccc(C(=O)O)c2n1CC(CC)CC. The summed E-state index contributed by atoms with van der Waals surface area (Å²) in [4.78, 5) is 16.2. The molecule has 2 aromatic rings. The fourth-order valence-electron chi connectivity index (χ4n) is 2.82. The number of fused-ring (bicyclic) bond motifs is 1. The molecule has 1 aromatic carbocycles. The van der Waals surface area contributed by atoms with E-state index in [1.165, 1.54) is 0 Å². The van der Waals surface area contributed by atoms with Crippen molar-refractivity contribution in [1.29, 1.82) is 0 Å². The summed E-state index contributed by atoms with van der Waals surface area (Å²) in [5.41, 5.74) is 1.93. The van der Waals surface area contributed by atoms with Crippen molar-refractivity contribution >= 4 is 17.0 Å². The minimum atomic E-state index is -0.880. The van der Waals surface area contributed by atoms with Crippen molar-refractivity contribution in [3.05, 3.63) is 29.6 Å². The molecule has 0 spiro atoms. The molecule has 1 heterocycles. The van der Waals surface area contributed by atoms with Crippen LogP contribution in [0, 0.1) is 5.92 Å². The van der Waals surface area contributed by atoms with Gasteiger partial charge in [-0.2, -0.15) is 0 Å². The van der Waals surface area contributed by atoms with Gasteiger partial charge in [-0.05, 0) is 24.5 Å². The van der Waals surface area contributed by atoms with E-state index in [9.17, 15) is 9.90 Å². The van der Waals surface area contributed by atoms with E-state index in [2.05, 4.69) is 30.3 Å². The van der Waals surface area contributed by atoms with Crippen LogP contribution in [0.15, 0.2) is 18.2 Å². The highest BCUT2D eigenvalue weighted by Gasteiger charge is 2.18. The second kappa shape index (κ2) is 6.74. The molecule has 114 valence electrons. The Kier molecular flexibility index (Phi) is 4.99. The lowest BCUT2D eigenvalue weighted by atomic mass is 10.0. The highest BCUT2D eigenvalue weighted by Crippen LogP contribution is 2.24. The van der Waals surface area contributed by atoms with Crippen molar-refractivity contribution in [3.8, 4) is 0 Å². The van der Waals surface area contributed by atoms with Crippen LogP contribution in [0.25, 0.3) is 11.0 Å². The number of carboxylic acids is 1. The van der Waals surface area contributed by atoms with E-state index in [1.807, 2.05) is 6.07 Å². The average Bonchev–Trinajstić information content (AvgIpc) is 2.82. The number of benzene rings is 1. The summed E-state index contributed by atoms with van der Waals surface area (Å²) in [6, 6.07) is 5.35. The molecule has 2 rings (SSSR count). The van der Waals surface area contributed by atoms with Gasteiger partial charge >= 0.3 is 5.97 Å². The monoisotopic (exact) mass is 288 g/mol. The second-order valence-corrected chi connectivity index (χ2v) is 5.55. The Hall–Kier alpha value is -1.84. The molecule has 0 saturated heterocycles. The molecule has 0 bridgehead atoms. The third-order valence-corrected chi connectivity index (χ3v) is 4.15. The van der Waals surface area contributed by atoms with Crippen molar-refractivity contribution in [3.63, 3.8) is 0 Å². The molecule has 0 aliphatic heterocycles. The molecule has 0 fully saturated rings. The summed E-state index contributed by atoms with van der Waals surface area (Å²) in [7, 11) is 0. The molecule has 1 aromatic heterocycles. The summed E-state index contributed by atoms with van der Waals surface area (Å²) >= 11 is 0. The number of nitrogens with zero attached hydrogens (tertiary/aromatic N) is 2. The molecular formula is C17H24N2O2. The van der Waals surface area contributed by atoms with Gasteiger partial charge in [0.1, 0.15) is 5.82 Å². The van der Waals surface area contributed by atoms with Crippen molar-refractivity contribution in [2.45, 2.75) is 53.0 Å². The average molecular weight is 288 g/mol. The summed E-state index contributed by atoms with van der Waals surface area (Å²) in [5.74, 6) is 0.683. The fraction of sp³-hybridized carbons (Fsp3) is 0.529. The normalized spacial score (nSPS) is 11.4. The first-order chi connectivity index (χ1) is 10.1. The van der Waals surface area contributed by atoms with Crippen LogP contribution in [0.5, 0.6) is 0 Å². The van der Waals surface area contributed by atoms with Gasteiger partial charge in [0.2, 0.25) is 0 Å². The number of hydrogen-bond acceptors (Lipinski definition) is 2. The van der Waals surface area contributed by atoms with Crippen LogP contribution in [0.4, 0.5) is 0 Å². The van der Waals surface area contributed by atoms with Crippen LogP contribution in [0.2, 0.25) is 0 Å². The van der Waals surface area contributed by atoms with Gasteiger partial charge in [-0.3, -0.25) is 0 Å². The van der Waals surface area contributed by atoms with Crippen LogP contribution < -0.4 is 0 Å². The molecule has 4 nitrogen and oxygen atoms in total. The maximum absolute atomic E-state index is 11.5. The Morgan fingerprint density at radius 3 is 2.57 bits per heavy atom. The van der Waals surface area contributed by atoms with Gasteiger partial charge in [0.25, 0.3) is 0 Å². The van der Waals surface area contributed by atoms with Crippen LogP contribution in [-0.2, 0) is 13.0 Å². The number of aryl methyl sites for hydroxylation is 1. The molecular weight excluding hydrogens is 264 g/mol. The zero-order valence-electron chi connectivity index (χ0n) is 13.1. The first-order valence-corrected chi connectivity index (χ1v) is 7.83. The smallest absolute Gasteiger partial charge is 0.337 e. The molecule has 0 aliphatic rings. The Morgan fingerprint density at radius 1 is 1.29 bits per heavy atom. The van der Waals surface area contributed by atoms with Crippen LogP contribution in [0.1, 0.15) is 56.2 Å². The van der Waals surface area contributed by atoms with Gasteiger partial charge in [-0.25, -0.2) is 9.78 Å². The molecule has 0 aliphatic carbocycles. The number of hydrogen-bond donors (Lipinski definition) is 1. The first-order valence-electron chi connectivity index (χ1n) is 7.83. The lowest BCUT2D eigenvalue weighted by Gasteiger charge is -2.17. The van der Waals surface area contributed by atoms with Gasteiger partial charge in [-0.1, -0.05) is 39.7 Å². The number of aromatic nitrogens is 2. The largest absolute Gasteiger partial charge is 0.478 e. The Balaban J connectivity index is 2.61. The number of aromatic carboxylic acids is 1. The van der Waals surface area contributed by atoms with Crippen LogP contribution in [0.3, 0.4) is 0 Å². The minimum absolute atomic E-state index is 0.355. The van der Waals surface area contributed by atoms with Gasteiger partial charge < -0.3 is 9.67 Å². The van der Waals surface area contributed by atoms with E-state index in [0.717, 1.165) is 49.1 Å². The van der Waals surface area contributed by atoms with E-state index in [1.54, 1.807) is 12.1 Å². The second-order valence-electron chi connectivity index (χ2n) is 5.55. The predicted octanol–water partition coefficient (Wildman–Crippen LogP) is 4.12. The van der Waals surface area contributed by atoms with Crippen molar-refractivity contribution in [2.24, 2.45) is 5.92 Å². The first kappa shape index (κ1) is 15.5. The van der Waals surface area contributed by atoms with E-state index in [4.69, 9.17) is 0 Å². The van der Waals surface area contributed by atoms with Crippen molar-refractivity contribution < 1.29 is 9.90 Å². The number of carbonyl (C=O) groups is 1. The lowest BCUT2D eigenvalue weighted by Crippen LogP contribution is -2.13. The van der Waals surface area contributed by atoms with Gasteiger partial charge in [0, 0.05) is 13.0 Å². The summed E-state index contributed by atoms with van der Waals surface area (Å²) in [5, 5.41) is 9.45. The minimum Gasteiger partial charge on any atom is -0.478 e. The number of imidazole rings is 1. The lowest BCUT2D eigenvalue weighted by molar-refractivity contribution is 0.0698. The fourth-order valence-corrected chi connectivity index (χ4v) is 2.82.